The van der Waals surface area contributed by atoms with Crippen molar-refractivity contribution in [1.82, 2.24) is 10.3 Å². The van der Waals surface area contributed by atoms with E-state index < -0.39 is 0 Å². The van der Waals surface area contributed by atoms with Crippen LogP contribution in [0.1, 0.15) is 24.5 Å². The summed E-state index contributed by atoms with van der Waals surface area (Å²) in [6, 6.07) is 3.80. The molecule has 4 heteroatoms. The van der Waals surface area contributed by atoms with Crippen LogP contribution in [0.4, 0.5) is 5.69 Å². The first kappa shape index (κ1) is 9.74. The van der Waals surface area contributed by atoms with Crippen molar-refractivity contribution in [3.63, 3.8) is 0 Å². The Bertz CT molecular complexity index is 321. The number of pyridine rings is 1. The van der Waals surface area contributed by atoms with Crippen LogP contribution < -0.4 is 11.1 Å². The number of hydrogen-bond acceptors (Lipinski definition) is 3. The minimum absolute atomic E-state index is 0.424. The van der Waals surface area contributed by atoms with Crippen LogP contribution in [0.2, 0.25) is 5.15 Å². The average molecular weight is 212 g/mol. The highest BCUT2D eigenvalue weighted by Gasteiger charge is 2.16. The second kappa shape index (κ2) is 4.15. The highest BCUT2D eigenvalue weighted by atomic mass is 35.5. The normalized spacial score (nSPS) is 22.2. The van der Waals surface area contributed by atoms with Crippen molar-refractivity contribution in [2.24, 2.45) is 0 Å². The molecule has 1 aromatic rings. The van der Waals surface area contributed by atoms with Crippen LogP contribution in [0.25, 0.3) is 0 Å². The zero-order valence-electron chi connectivity index (χ0n) is 7.96. The molecule has 14 heavy (non-hydrogen) atoms. The lowest BCUT2D eigenvalue weighted by Gasteiger charge is -2.22. The fraction of sp³-hybridized carbons (Fsp3) is 0.500. The number of halogens is 1. The zero-order valence-corrected chi connectivity index (χ0v) is 8.72. The van der Waals surface area contributed by atoms with Gasteiger partial charge in [-0.05, 0) is 31.5 Å². The van der Waals surface area contributed by atoms with Gasteiger partial charge in [0.15, 0.2) is 5.15 Å². The van der Waals surface area contributed by atoms with Gasteiger partial charge < -0.3 is 11.1 Å². The van der Waals surface area contributed by atoms with Crippen molar-refractivity contribution in [3.05, 3.63) is 23.0 Å². The van der Waals surface area contributed by atoms with Gasteiger partial charge in [0.1, 0.15) is 0 Å². The molecule has 3 N–H and O–H groups in total. The number of anilines is 1. The Morgan fingerprint density at radius 3 is 3.00 bits per heavy atom. The zero-order chi connectivity index (χ0) is 9.97. The molecule has 0 amide bonds. The maximum absolute atomic E-state index is 5.88. The molecular weight excluding hydrogens is 198 g/mol. The molecular formula is C10H14ClN3. The summed E-state index contributed by atoms with van der Waals surface area (Å²) < 4.78 is 0. The van der Waals surface area contributed by atoms with E-state index in [2.05, 4.69) is 10.3 Å². The van der Waals surface area contributed by atoms with Gasteiger partial charge in [0.25, 0.3) is 0 Å². The van der Waals surface area contributed by atoms with Crippen LogP contribution in [0.5, 0.6) is 0 Å². The number of nitrogen functional groups attached to an aromatic ring is 1. The van der Waals surface area contributed by atoms with Crippen molar-refractivity contribution in [1.29, 1.82) is 0 Å². The molecule has 76 valence electrons. The lowest BCUT2D eigenvalue weighted by molar-refractivity contribution is 0.455. The number of hydrogen-bond donors (Lipinski definition) is 2. The van der Waals surface area contributed by atoms with E-state index in [-0.39, 0.29) is 0 Å². The monoisotopic (exact) mass is 211 g/mol. The topological polar surface area (TPSA) is 50.9 Å². The summed E-state index contributed by atoms with van der Waals surface area (Å²) >= 11 is 5.88. The van der Waals surface area contributed by atoms with Crippen LogP contribution in [0, 0.1) is 0 Å². The van der Waals surface area contributed by atoms with E-state index in [0.717, 1.165) is 18.8 Å². The molecule has 1 aliphatic heterocycles. The first-order valence-electron chi connectivity index (χ1n) is 4.90. The van der Waals surface area contributed by atoms with Gasteiger partial charge in [0.05, 0.1) is 5.69 Å². The summed E-state index contributed by atoms with van der Waals surface area (Å²) in [5.74, 6) is 0.488. The molecule has 1 atom stereocenters. The molecule has 0 aromatic carbocycles. The quantitative estimate of drug-likeness (QED) is 0.697. The fourth-order valence-electron chi connectivity index (χ4n) is 1.79. The van der Waals surface area contributed by atoms with Gasteiger partial charge in [-0.25, -0.2) is 4.98 Å². The summed E-state index contributed by atoms with van der Waals surface area (Å²) in [5.41, 5.74) is 7.22. The predicted octanol–water partition coefficient (Wildman–Crippen LogP) is 1.78. The number of nitrogens with zero attached hydrogens (tertiary/aromatic N) is 1. The van der Waals surface area contributed by atoms with E-state index in [1.54, 1.807) is 0 Å². The van der Waals surface area contributed by atoms with E-state index in [1.807, 2.05) is 12.1 Å². The molecule has 2 heterocycles. The SMILES string of the molecule is Nc1ccc(C2CCCNC2)nc1Cl. The van der Waals surface area contributed by atoms with Crippen LogP contribution in [-0.2, 0) is 0 Å². The minimum atomic E-state index is 0.424. The van der Waals surface area contributed by atoms with Crippen molar-refractivity contribution >= 4 is 17.3 Å². The molecule has 1 saturated heterocycles. The van der Waals surface area contributed by atoms with Crippen LogP contribution >= 0.6 is 11.6 Å². The number of nitrogens with one attached hydrogen (secondary N) is 1. The van der Waals surface area contributed by atoms with Crippen molar-refractivity contribution < 1.29 is 0 Å². The van der Waals surface area contributed by atoms with Gasteiger partial charge in [-0.3, -0.25) is 0 Å². The first-order valence-corrected chi connectivity index (χ1v) is 5.28. The van der Waals surface area contributed by atoms with Crippen molar-refractivity contribution in [3.8, 4) is 0 Å². The molecule has 1 aliphatic rings. The molecule has 1 aromatic heterocycles. The lowest BCUT2D eigenvalue weighted by atomic mass is 9.96. The molecule has 0 radical (unpaired) electrons. The summed E-state index contributed by atoms with van der Waals surface area (Å²) in [6.07, 6.45) is 2.38. The largest absolute Gasteiger partial charge is 0.396 e. The van der Waals surface area contributed by atoms with Gasteiger partial charge in [-0.15, -0.1) is 0 Å². The molecule has 1 unspecified atom stereocenters. The Balaban J connectivity index is 2.18. The lowest BCUT2D eigenvalue weighted by Crippen LogP contribution is -2.28. The number of piperidine rings is 1. The van der Waals surface area contributed by atoms with Gasteiger partial charge >= 0.3 is 0 Å². The van der Waals surface area contributed by atoms with E-state index in [9.17, 15) is 0 Å². The first-order chi connectivity index (χ1) is 6.77. The van der Waals surface area contributed by atoms with Crippen LogP contribution in [-0.4, -0.2) is 18.1 Å². The van der Waals surface area contributed by atoms with E-state index in [1.165, 1.54) is 12.8 Å². The second-order valence-corrected chi connectivity index (χ2v) is 4.02. The highest BCUT2D eigenvalue weighted by Crippen LogP contribution is 2.24. The van der Waals surface area contributed by atoms with E-state index >= 15 is 0 Å². The Kier molecular flexibility index (Phi) is 2.89. The predicted molar refractivity (Wildman–Crippen MR) is 58.5 cm³/mol. The summed E-state index contributed by atoms with van der Waals surface area (Å²) in [7, 11) is 0. The highest BCUT2D eigenvalue weighted by molar-refractivity contribution is 6.31. The third-order valence-electron chi connectivity index (χ3n) is 2.61. The minimum Gasteiger partial charge on any atom is -0.396 e. The van der Waals surface area contributed by atoms with E-state index in [0.29, 0.717) is 16.8 Å². The maximum atomic E-state index is 5.88. The van der Waals surface area contributed by atoms with Gasteiger partial charge in [-0.2, -0.15) is 0 Å². The molecule has 2 rings (SSSR count). The Morgan fingerprint density at radius 1 is 1.50 bits per heavy atom. The van der Waals surface area contributed by atoms with Crippen molar-refractivity contribution in [2.75, 3.05) is 18.8 Å². The number of nitrogens with two attached hydrogens (primary N) is 1. The molecule has 3 nitrogen and oxygen atoms in total. The fourth-order valence-corrected chi connectivity index (χ4v) is 1.95. The molecule has 0 bridgehead atoms. The summed E-state index contributed by atoms with van der Waals surface area (Å²) in [4.78, 5) is 4.30. The third-order valence-corrected chi connectivity index (χ3v) is 2.92. The van der Waals surface area contributed by atoms with Crippen molar-refractivity contribution in [2.45, 2.75) is 18.8 Å². The summed E-state index contributed by atoms with van der Waals surface area (Å²) in [5, 5.41) is 3.78. The molecule has 0 aliphatic carbocycles. The Morgan fingerprint density at radius 2 is 2.36 bits per heavy atom. The Labute approximate surface area is 88.7 Å². The average Bonchev–Trinajstić information content (AvgIpc) is 2.23. The number of rotatable bonds is 1. The Hall–Kier alpha value is -0.800. The second-order valence-electron chi connectivity index (χ2n) is 3.66. The maximum Gasteiger partial charge on any atom is 0.152 e. The van der Waals surface area contributed by atoms with Gasteiger partial charge in [-0.1, -0.05) is 11.6 Å². The molecule has 0 spiro atoms. The van der Waals surface area contributed by atoms with Gasteiger partial charge in [0.2, 0.25) is 0 Å². The molecule has 0 saturated carbocycles. The molecule has 1 fully saturated rings. The smallest absolute Gasteiger partial charge is 0.152 e. The standard InChI is InChI=1S/C10H14ClN3/c11-10-8(12)3-4-9(14-10)7-2-1-5-13-6-7/h3-4,7,13H,1-2,5-6,12H2. The van der Waals surface area contributed by atoms with E-state index in [4.69, 9.17) is 17.3 Å². The number of aromatic nitrogens is 1. The van der Waals surface area contributed by atoms with Crippen LogP contribution in [0.3, 0.4) is 0 Å². The van der Waals surface area contributed by atoms with Crippen LogP contribution in [0.15, 0.2) is 12.1 Å². The third kappa shape index (κ3) is 1.99. The summed E-state index contributed by atoms with van der Waals surface area (Å²) in [6.45, 7) is 2.10. The van der Waals surface area contributed by atoms with Gasteiger partial charge in [0, 0.05) is 18.2 Å².